The smallest absolute Gasteiger partial charge is 0.218 e. The monoisotopic (exact) mass is 429 g/mol. The number of halogens is 1. The number of nitrogens with zero attached hydrogens (tertiary/aromatic N) is 3. The zero-order chi connectivity index (χ0) is 21.2. The Kier molecular flexibility index (Phi) is 9.56. The van der Waals surface area contributed by atoms with E-state index in [0.29, 0.717) is 19.8 Å². The number of benzene rings is 1. The van der Waals surface area contributed by atoms with Crippen molar-refractivity contribution in [2.24, 2.45) is 0 Å². The van der Waals surface area contributed by atoms with Crippen molar-refractivity contribution in [3.8, 4) is 0 Å². The lowest BCUT2D eigenvalue weighted by atomic mass is 9.99. The summed E-state index contributed by atoms with van der Waals surface area (Å²) in [4.78, 5) is 23.5. The molecule has 0 aromatic heterocycles. The third-order valence-corrected chi connectivity index (χ3v) is 5.19. The molecular formula is C19H28ClN3O6. The molecule has 29 heavy (non-hydrogen) atoms. The number of hydrogen-bond donors (Lipinski definition) is 0. The summed E-state index contributed by atoms with van der Waals surface area (Å²) >= 11 is 6.14. The summed E-state index contributed by atoms with van der Waals surface area (Å²) in [7, 11) is 0. The zero-order valence-electron chi connectivity index (χ0n) is 16.6. The van der Waals surface area contributed by atoms with Gasteiger partial charge < -0.3 is 14.4 Å². The maximum absolute atomic E-state index is 11.6. The van der Waals surface area contributed by atoms with Crippen LogP contribution in [0.15, 0.2) is 24.3 Å². The summed E-state index contributed by atoms with van der Waals surface area (Å²) in [5.74, 6) is 0. The molecule has 1 heterocycles. The molecule has 0 radical (unpaired) electrons. The third kappa shape index (κ3) is 7.75. The van der Waals surface area contributed by atoms with Gasteiger partial charge in [-0.1, -0.05) is 25.1 Å². The van der Waals surface area contributed by atoms with Gasteiger partial charge in [-0.2, -0.15) is 0 Å². The van der Waals surface area contributed by atoms with Crippen LogP contribution in [0.3, 0.4) is 0 Å². The van der Waals surface area contributed by atoms with E-state index in [0.717, 1.165) is 24.2 Å². The summed E-state index contributed by atoms with van der Waals surface area (Å²) in [6.45, 7) is 4.23. The molecule has 0 N–H and O–H groups in total. The highest BCUT2D eigenvalue weighted by Crippen LogP contribution is 2.26. The van der Waals surface area contributed by atoms with Gasteiger partial charge in [-0.3, -0.25) is 20.2 Å². The molecule has 1 fully saturated rings. The standard InChI is InChI=1S/C19H28ClN3O6/c1-2-8-21(14-19-28-10-11-29-19)18-6-4-3-5-15(18)12-17(23(26)27)13-16(20)7-9-22(24)25/h3-6,16-17,19H,2,7-14H2,1H3. The quantitative estimate of drug-likeness (QED) is 0.269. The molecule has 0 spiro atoms. The lowest BCUT2D eigenvalue weighted by Crippen LogP contribution is -2.35. The van der Waals surface area contributed by atoms with Crippen LogP contribution in [-0.2, 0) is 15.9 Å². The molecule has 2 unspecified atom stereocenters. The minimum atomic E-state index is -0.909. The Labute approximate surface area is 175 Å². The van der Waals surface area contributed by atoms with Gasteiger partial charge >= 0.3 is 0 Å². The van der Waals surface area contributed by atoms with Gasteiger partial charge in [0.2, 0.25) is 12.6 Å². The van der Waals surface area contributed by atoms with Crippen LogP contribution in [0, 0.1) is 20.2 Å². The van der Waals surface area contributed by atoms with Crippen LogP contribution in [0.1, 0.15) is 31.7 Å². The van der Waals surface area contributed by atoms with Gasteiger partial charge in [-0.15, -0.1) is 11.6 Å². The second kappa shape index (κ2) is 11.9. The van der Waals surface area contributed by atoms with Crippen LogP contribution in [0.2, 0.25) is 0 Å². The molecule has 162 valence electrons. The van der Waals surface area contributed by atoms with Crippen molar-refractivity contribution in [1.29, 1.82) is 0 Å². The van der Waals surface area contributed by atoms with Crippen LogP contribution in [-0.4, -0.2) is 60.4 Å². The molecule has 1 aromatic rings. The topological polar surface area (TPSA) is 108 Å². The number of anilines is 1. The van der Waals surface area contributed by atoms with Crippen molar-refractivity contribution in [2.75, 3.05) is 37.7 Å². The number of rotatable bonds is 13. The average molecular weight is 430 g/mol. The first-order valence-electron chi connectivity index (χ1n) is 9.86. The van der Waals surface area contributed by atoms with Crippen molar-refractivity contribution in [2.45, 2.75) is 50.3 Å². The number of ether oxygens (including phenoxy) is 2. The van der Waals surface area contributed by atoms with Crippen molar-refractivity contribution >= 4 is 17.3 Å². The van der Waals surface area contributed by atoms with Gasteiger partial charge in [0, 0.05) is 46.7 Å². The van der Waals surface area contributed by atoms with Crippen molar-refractivity contribution in [1.82, 2.24) is 0 Å². The van der Waals surface area contributed by atoms with E-state index in [9.17, 15) is 20.2 Å². The molecule has 0 aliphatic carbocycles. The van der Waals surface area contributed by atoms with Crippen LogP contribution in [0.25, 0.3) is 0 Å². The van der Waals surface area contributed by atoms with E-state index in [1.54, 1.807) is 0 Å². The zero-order valence-corrected chi connectivity index (χ0v) is 17.3. The van der Waals surface area contributed by atoms with Crippen molar-refractivity contribution < 1.29 is 19.3 Å². The van der Waals surface area contributed by atoms with Gasteiger partial charge in [0.1, 0.15) is 0 Å². The van der Waals surface area contributed by atoms with Gasteiger partial charge in [0.15, 0.2) is 6.29 Å². The van der Waals surface area contributed by atoms with E-state index in [2.05, 4.69) is 11.8 Å². The lowest BCUT2D eigenvalue weighted by Gasteiger charge is -2.29. The Morgan fingerprint density at radius 3 is 2.55 bits per heavy atom. The minimum Gasteiger partial charge on any atom is -0.366 e. The summed E-state index contributed by atoms with van der Waals surface area (Å²) in [5.41, 5.74) is 1.76. The second-order valence-corrected chi connectivity index (χ2v) is 7.68. The highest BCUT2D eigenvalue weighted by Gasteiger charge is 2.28. The molecule has 1 aliphatic heterocycles. The van der Waals surface area contributed by atoms with E-state index in [4.69, 9.17) is 21.1 Å². The summed E-state index contributed by atoms with van der Waals surface area (Å²) < 4.78 is 11.1. The first kappa shape index (κ1) is 23.3. The second-order valence-electron chi connectivity index (χ2n) is 7.07. The van der Waals surface area contributed by atoms with E-state index in [-0.39, 0.29) is 37.0 Å². The van der Waals surface area contributed by atoms with Crippen LogP contribution in [0.4, 0.5) is 5.69 Å². The van der Waals surface area contributed by atoms with Gasteiger partial charge in [0.25, 0.3) is 0 Å². The summed E-state index contributed by atoms with van der Waals surface area (Å²) in [6.07, 6.45) is 0.996. The highest BCUT2D eigenvalue weighted by molar-refractivity contribution is 6.20. The summed E-state index contributed by atoms with van der Waals surface area (Å²) in [6, 6.07) is 6.67. The largest absolute Gasteiger partial charge is 0.366 e. The van der Waals surface area contributed by atoms with E-state index in [1.165, 1.54) is 0 Å². The summed E-state index contributed by atoms with van der Waals surface area (Å²) in [5, 5.41) is 21.5. The Bertz CT molecular complexity index is 671. The first-order valence-corrected chi connectivity index (χ1v) is 10.3. The van der Waals surface area contributed by atoms with Gasteiger partial charge in [0.05, 0.1) is 19.8 Å². The molecule has 0 bridgehead atoms. The maximum atomic E-state index is 11.6. The van der Waals surface area contributed by atoms with Crippen LogP contribution >= 0.6 is 11.6 Å². The maximum Gasteiger partial charge on any atom is 0.218 e. The van der Waals surface area contributed by atoms with E-state index in [1.807, 2.05) is 24.3 Å². The molecule has 1 aromatic carbocycles. The minimum absolute atomic E-state index is 0.0827. The van der Waals surface area contributed by atoms with Crippen molar-refractivity contribution in [3.63, 3.8) is 0 Å². The molecule has 1 saturated heterocycles. The Morgan fingerprint density at radius 2 is 1.93 bits per heavy atom. The predicted octanol–water partition coefficient (Wildman–Crippen LogP) is 3.13. The van der Waals surface area contributed by atoms with Gasteiger partial charge in [-0.05, 0) is 18.1 Å². The Hall–Kier alpha value is -1.97. The Balaban J connectivity index is 2.12. The molecule has 1 aliphatic rings. The SMILES string of the molecule is CCCN(CC1OCCO1)c1ccccc1CC(CC(Cl)CC[N+](=O)[O-])[N+](=O)[O-]. The highest BCUT2D eigenvalue weighted by atomic mass is 35.5. The number of alkyl halides is 1. The fourth-order valence-corrected chi connectivity index (χ4v) is 3.72. The molecule has 2 rings (SSSR count). The normalized spacial score (nSPS) is 16.5. The van der Waals surface area contributed by atoms with Crippen molar-refractivity contribution in [3.05, 3.63) is 50.1 Å². The molecule has 2 atom stereocenters. The molecule has 0 saturated carbocycles. The van der Waals surface area contributed by atoms with Crippen LogP contribution in [0.5, 0.6) is 0 Å². The average Bonchev–Trinajstić information content (AvgIpc) is 3.19. The Morgan fingerprint density at radius 1 is 1.24 bits per heavy atom. The van der Waals surface area contributed by atoms with E-state index < -0.39 is 16.3 Å². The number of hydrogen-bond acceptors (Lipinski definition) is 7. The lowest BCUT2D eigenvalue weighted by molar-refractivity contribution is -0.523. The molecule has 0 amide bonds. The fourth-order valence-electron chi connectivity index (χ4n) is 3.42. The molecule has 9 nitrogen and oxygen atoms in total. The van der Waals surface area contributed by atoms with Gasteiger partial charge in [-0.25, -0.2) is 0 Å². The first-order chi connectivity index (χ1) is 13.9. The predicted molar refractivity (Wildman–Crippen MR) is 110 cm³/mol. The number of para-hydroxylation sites is 1. The molecule has 10 heteroatoms. The van der Waals surface area contributed by atoms with E-state index >= 15 is 0 Å². The number of nitro groups is 2. The molecular weight excluding hydrogens is 402 g/mol. The fraction of sp³-hybridized carbons (Fsp3) is 0.684. The third-order valence-electron chi connectivity index (χ3n) is 4.79. The van der Waals surface area contributed by atoms with Crippen LogP contribution < -0.4 is 4.90 Å².